The number of hydrogen-bond donors (Lipinski definition) is 2. The van der Waals surface area contributed by atoms with Gasteiger partial charge in [0, 0.05) is 6.20 Å². The number of nitrogens with zero attached hydrogens (tertiary/aromatic N) is 2. The Hall–Kier alpha value is -2.44. The number of carboxylic acids is 1. The molecule has 7 heteroatoms. The average Bonchev–Trinajstić information content (AvgIpc) is 2.85. The van der Waals surface area contributed by atoms with Crippen molar-refractivity contribution in [2.24, 2.45) is 5.92 Å². The Morgan fingerprint density at radius 3 is 2.71 bits per heavy atom. The number of aliphatic carboxylic acids is 1. The van der Waals surface area contributed by atoms with Crippen LogP contribution in [0.25, 0.3) is 11.1 Å². The number of pyridine rings is 1. The molecule has 0 aliphatic heterocycles. The molecular weight excluding hydrogens is 274 g/mol. The van der Waals surface area contributed by atoms with Gasteiger partial charge in [-0.15, -0.1) is 0 Å². The van der Waals surface area contributed by atoms with Crippen molar-refractivity contribution in [3.63, 3.8) is 0 Å². The second kappa shape index (κ2) is 5.90. The fraction of sp³-hybridized carbons (Fsp3) is 0.429. The Bertz CT molecular complexity index is 678. The van der Waals surface area contributed by atoms with Crippen molar-refractivity contribution >= 4 is 23.0 Å². The zero-order valence-electron chi connectivity index (χ0n) is 12.1. The SMILES string of the molecule is CCc1noc2ncc(C(=O)N[C@@H](C(=O)O)C(C)C)cc12. The number of hydrogen-bond acceptors (Lipinski definition) is 5. The minimum absolute atomic E-state index is 0.218. The second-order valence-corrected chi connectivity index (χ2v) is 5.09. The number of nitrogens with one attached hydrogen (secondary N) is 1. The average molecular weight is 291 g/mol. The van der Waals surface area contributed by atoms with E-state index in [0.29, 0.717) is 23.2 Å². The van der Waals surface area contributed by atoms with Crippen LogP contribution in [-0.4, -0.2) is 33.2 Å². The molecule has 7 nitrogen and oxygen atoms in total. The van der Waals surface area contributed by atoms with Gasteiger partial charge < -0.3 is 14.9 Å². The van der Waals surface area contributed by atoms with Crippen molar-refractivity contribution < 1.29 is 19.2 Å². The minimum Gasteiger partial charge on any atom is -0.480 e. The van der Waals surface area contributed by atoms with Crippen LogP contribution in [0.2, 0.25) is 0 Å². The van der Waals surface area contributed by atoms with Crippen LogP contribution in [-0.2, 0) is 11.2 Å². The maximum atomic E-state index is 12.2. The zero-order valence-corrected chi connectivity index (χ0v) is 12.1. The van der Waals surface area contributed by atoms with Crippen LogP contribution in [0.4, 0.5) is 0 Å². The first-order chi connectivity index (χ1) is 9.93. The van der Waals surface area contributed by atoms with Gasteiger partial charge in [0.1, 0.15) is 6.04 Å². The third-order valence-corrected chi connectivity index (χ3v) is 3.22. The molecule has 0 radical (unpaired) electrons. The Labute approximate surface area is 121 Å². The maximum Gasteiger partial charge on any atom is 0.326 e. The molecule has 2 aromatic heterocycles. The second-order valence-electron chi connectivity index (χ2n) is 5.09. The summed E-state index contributed by atoms with van der Waals surface area (Å²) in [6.07, 6.45) is 2.00. The van der Waals surface area contributed by atoms with E-state index in [2.05, 4.69) is 15.5 Å². The molecule has 0 spiro atoms. The molecular formula is C14H17N3O4. The number of carbonyl (C=O) groups excluding carboxylic acids is 1. The number of amides is 1. The van der Waals surface area contributed by atoms with Crippen LogP contribution in [0.5, 0.6) is 0 Å². The summed E-state index contributed by atoms with van der Waals surface area (Å²) in [6.45, 7) is 5.38. The number of carbonyl (C=O) groups is 2. The fourth-order valence-electron chi connectivity index (χ4n) is 2.00. The fourth-order valence-corrected chi connectivity index (χ4v) is 2.00. The lowest BCUT2D eigenvalue weighted by Crippen LogP contribution is -2.44. The molecule has 0 saturated carbocycles. The molecule has 0 aliphatic rings. The highest BCUT2D eigenvalue weighted by Crippen LogP contribution is 2.18. The maximum absolute atomic E-state index is 12.2. The summed E-state index contributed by atoms with van der Waals surface area (Å²) >= 11 is 0. The van der Waals surface area contributed by atoms with Crippen LogP contribution < -0.4 is 5.32 Å². The van der Waals surface area contributed by atoms with E-state index in [1.807, 2.05) is 6.92 Å². The van der Waals surface area contributed by atoms with E-state index in [9.17, 15) is 9.59 Å². The molecule has 2 N–H and O–H groups in total. The Morgan fingerprint density at radius 1 is 1.43 bits per heavy atom. The summed E-state index contributed by atoms with van der Waals surface area (Å²) in [5.41, 5.74) is 1.36. The normalized spacial score (nSPS) is 12.6. The van der Waals surface area contributed by atoms with Gasteiger partial charge in [0.05, 0.1) is 16.6 Å². The van der Waals surface area contributed by atoms with Crippen molar-refractivity contribution in [3.8, 4) is 0 Å². The van der Waals surface area contributed by atoms with Gasteiger partial charge in [-0.3, -0.25) is 4.79 Å². The van der Waals surface area contributed by atoms with E-state index in [-0.39, 0.29) is 11.5 Å². The monoisotopic (exact) mass is 291 g/mol. The predicted octanol–water partition coefficient (Wildman–Crippen LogP) is 1.62. The van der Waals surface area contributed by atoms with Gasteiger partial charge in [0.25, 0.3) is 11.6 Å². The Balaban J connectivity index is 2.28. The van der Waals surface area contributed by atoms with Crippen molar-refractivity contribution in [2.75, 3.05) is 0 Å². The molecule has 0 fully saturated rings. The van der Waals surface area contributed by atoms with E-state index < -0.39 is 17.9 Å². The lowest BCUT2D eigenvalue weighted by molar-refractivity contribution is -0.140. The Morgan fingerprint density at radius 2 is 2.14 bits per heavy atom. The smallest absolute Gasteiger partial charge is 0.326 e. The molecule has 2 heterocycles. The van der Waals surface area contributed by atoms with Gasteiger partial charge in [0.15, 0.2) is 0 Å². The lowest BCUT2D eigenvalue weighted by Gasteiger charge is -2.17. The van der Waals surface area contributed by atoms with E-state index in [1.165, 1.54) is 6.20 Å². The van der Waals surface area contributed by atoms with Crippen molar-refractivity contribution in [1.29, 1.82) is 0 Å². The van der Waals surface area contributed by atoms with Crippen LogP contribution >= 0.6 is 0 Å². The first-order valence-corrected chi connectivity index (χ1v) is 6.72. The summed E-state index contributed by atoms with van der Waals surface area (Å²) in [5, 5.41) is 16.1. The third-order valence-electron chi connectivity index (χ3n) is 3.22. The lowest BCUT2D eigenvalue weighted by atomic mass is 10.0. The van der Waals surface area contributed by atoms with Crippen LogP contribution in [0, 0.1) is 5.92 Å². The van der Waals surface area contributed by atoms with Gasteiger partial charge in [-0.1, -0.05) is 25.9 Å². The van der Waals surface area contributed by atoms with Crippen molar-refractivity contribution in [3.05, 3.63) is 23.5 Å². The summed E-state index contributed by atoms with van der Waals surface area (Å²) in [4.78, 5) is 27.3. The summed E-state index contributed by atoms with van der Waals surface area (Å²) in [7, 11) is 0. The molecule has 0 unspecified atom stereocenters. The highest BCUT2D eigenvalue weighted by atomic mass is 16.5. The van der Waals surface area contributed by atoms with Gasteiger partial charge in [0.2, 0.25) is 0 Å². The molecule has 21 heavy (non-hydrogen) atoms. The third kappa shape index (κ3) is 3.01. The first-order valence-electron chi connectivity index (χ1n) is 6.72. The van der Waals surface area contributed by atoms with Gasteiger partial charge in [-0.2, -0.15) is 0 Å². The standard InChI is InChI=1S/C14H17N3O4/c1-4-10-9-5-8(6-15-13(9)21-17-10)12(18)16-11(7(2)3)14(19)20/h5-7,11H,4H2,1-3H3,(H,16,18)(H,19,20)/t11-/m1/s1. The van der Waals surface area contributed by atoms with Crippen molar-refractivity contribution in [1.82, 2.24) is 15.5 Å². The number of aromatic nitrogens is 2. The molecule has 0 bridgehead atoms. The molecule has 0 aromatic carbocycles. The number of rotatable bonds is 5. The van der Waals surface area contributed by atoms with Gasteiger partial charge in [-0.05, 0) is 18.4 Å². The summed E-state index contributed by atoms with van der Waals surface area (Å²) in [6, 6.07) is 0.674. The summed E-state index contributed by atoms with van der Waals surface area (Å²) < 4.78 is 5.05. The molecule has 1 atom stereocenters. The predicted molar refractivity (Wildman–Crippen MR) is 74.9 cm³/mol. The van der Waals surface area contributed by atoms with Gasteiger partial charge in [-0.25, -0.2) is 9.78 Å². The Kier molecular flexibility index (Phi) is 4.21. The van der Waals surface area contributed by atoms with Crippen LogP contribution in [0.1, 0.15) is 36.8 Å². The molecule has 0 saturated heterocycles. The largest absolute Gasteiger partial charge is 0.480 e. The van der Waals surface area contributed by atoms with Crippen LogP contribution in [0.15, 0.2) is 16.8 Å². The minimum atomic E-state index is -1.06. The van der Waals surface area contributed by atoms with E-state index in [4.69, 9.17) is 9.63 Å². The molecule has 0 aliphatic carbocycles. The first kappa shape index (κ1) is 15.0. The quantitative estimate of drug-likeness (QED) is 0.867. The van der Waals surface area contributed by atoms with Crippen LogP contribution in [0.3, 0.4) is 0 Å². The molecule has 1 amide bonds. The molecule has 2 rings (SSSR count). The summed E-state index contributed by atoms with van der Waals surface area (Å²) in [5.74, 6) is -1.76. The van der Waals surface area contributed by atoms with E-state index in [1.54, 1.807) is 19.9 Å². The number of fused-ring (bicyclic) bond motifs is 1. The molecule has 2 aromatic rings. The van der Waals surface area contributed by atoms with E-state index in [0.717, 1.165) is 0 Å². The number of carboxylic acid groups (broad SMARTS) is 1. The molecule has 112 valence electrons. The highest BCUT2D eigenvalue weighted by Gasteiger charge is 2.24. The highest BCUT2D eigenvalue weighted by molar-refractivity contribution is 5.98. The topological polar surface area (TPSA) is 105 Å². The number of aryl methyl sites for hydroxylation is 1. The zero-order chi connectivity index (χ0) is 15.6. The van der Waals surface area contributed by atoms with Gasteiger partial charge >= 0.3 is 5.97 Å². The van der Waals surface area contributed by atoms with Crippen molar-refractivity contribution in [2.45, 2.75) is 33.2 Å². The van der Waals surface area contributed by atoms with E-state index >= 15 is 0 Å².